The van der Waals surface area contributed by atoms with Crippen LogP contribution in [-0.2, 0) is 0 Å². The van der Waals surface area contributed by atoms with Gasteiger partial charge in [-0.25, -0.2) is 0 Å². The molecule has 0 spiro atoms. The first-order valence-corrected chi connectivity index (χ1v) is 7.59. The summed E-state index contributed by atoms with van der Waals surface area (Å²) in [5.74, 6) is 0. The minimum Gasteiger partial charge on any atom is -0.0827 e. The summed E-state index contributed by atoms with van der Waals surface area (Å²) in [6, 6.07) is 7.55. The maximum Gasteiger partial charge on any atom is 0.0624 e. The van der Waals surface area contributed by atoms with Gasteiger partial charge in [0.15, 0.2) is 0 Å². The summed E-state index contributed by atoms with van der Waals surface area (Å²) in [5, 5.41) is 2.60. The van der Waals surface area contributed by atoms with Crippen molar-refractivity contribution in [2.24, 2.45) is 0 Å². The number of hydrogen-bond donors (Lipinski definition) is 0. The Hall–Kier alpha value is -0.400. The minimum atomic E-state index is 0.629. The molecule has 0 aromatic heterocycles. The zero-order valence-corrected chi connectivity index (χ0v) is 14.8. The third-order valence-electron chi connectivity index (χ3n) is 3.22. The van der Waals surface area contributed by atoms with Crippen LogP contribution in [0.15, 0.2) is 24.3 Å². The molecule has 0 unspecified atom stereocenters. The predicted molar refractivity (Wildman–Crippen MR) is 91.9 cm³/mol. The van der Waals surface area contributed by atoms with E-state index in [1.165, 1.54) is 11.1 Å². The van der Waals surface area contributed by atoms with E-state index in [2.05, 4.69) is 0 Å². The van der Waals surface area contributed by atoms with Crippen molar-refractivity contribution in [3.05, 3.63) is 66.6 Å². The first-order chi connectivity index (χ1) is 9.25. The molecule has 0 amide bonds. The Balaban J connectivity index is 0.000000200. The Kier molecular flexibility index (Phi) is 6.68. The number of benzene rings is 2. The van der Waals surface area contributed by atoms with Crippen molar-refractivity contribution in [1.82, 2.24) is 0 Å². The van der Waals surface area contributed by atoms with E-state index < -0.39 is 0 Å². The summed E-state index contributed by atoms with van der Waals surface area (Å²) in [6.45, 7) is 7.95. The van der Waals surface area contributed by atoms with Crippen molar-refractivity contribution in [3.8, 4) is 0 Å². The van der Waals surface area contributed by atoms with Gasteiger partial charge >= 0.3 is 0 Å². The van der Waals surface area contributed by atoms with E-state index in [4.69, 9.17) is 46.4 Å². The molecule has 2 rings (SSSR count). The Labute approximate surface area is 140 Å². The lowest BCUT2D eigenvalue weighted by atomic mass is 10.1. The summed E-state index contributed by atoms with van der Waals surface area (Å²) in [4.78, 5) is 0. The van der Waals surface area contributed by atoms with Gasteiger partial charge in [-0.05, 0) is 62.1 Å². The summed E-state index contributed by atoms with van der Waals surface area (Å²) >= 11 is 23.2. The average molecular weight is 350 g/mol. The molecular formula is C16H16Cl4. The van der Waals surface area contributed by atoms with Gasteiger partial charge in [0.05, 0.1) is 20.1 Å². The molecule has 2 aromatic rings. The molecule has 0 atom stereocenters. The molecule has 20 heavy (non-hydrogen) atoms. The van der Waals surface area contributed by atoms with Crippen molar-refractivity contribution in [2.45, 2.75) is 27.7 Å². The van der Waals surface area contributed by atoms with Crippen molar-refractivity contribution in [2.75, 3.05) is 0 Å². The molecule has 0 aliphatic heterocycles. The number of aryl methyl sites for hydroxylation is 2. The number of hydrogen-bond acceptors (Lipinski definition) is 0. The number of halogens is 4. The smallest absolute Gasteiger partial charge is 0.0624 e. The Bertz CT molecular complexity index is 509. The topological polar surface area (TPSA) is 0 Å². The van der Waals surface area contributed by atoms with Gasteiger partial charge in [-0.1, -0.05) is 58.5 Å². The Morgan fingerprint density at radius 3 is 1.10 bits per heavy atom. The van der Waals surface area contributed by atoms with Gasteiger partial charge in [0.2, 0.25) is 0 Å². The lowest BCUT2D eigenvalue weighted by molar-refractivity contribution is 1.34. The maximum atomic E-state index is 5.85. The SMILES string of the molecule is Cc1ccc(Cl)c(Cl)c1C.Cc1ccc(Cl)c(Cl)c1C. The van der Waals surface area contributed by atoms with Gasteiger partial charge < -0.3 is 0 Å². The molecule has 0 aliphatic carbocycles. The Morgan fingerprint density at radius 2 is 0.850 bits per heavy atom. The van der Waals surface area contributed by atoms with Crippen LogP contribution in [0, 0.1) is 27.7 Å². The summed E-state index contributed by atoms with van der Waals surface area (Å²) in [7, 11) is 0. The Morgan fingerprint density at radius 1 is 0.550 bits per heavy atom. The van der Waals surface area contributed by atoms with Gasteiger partial charge in [-0.2, -0.15) is 0 Å². The molecular weight excluding hydrogens is 334 g/mol. The average Bonchev–Trinajstić information content (AvgIpc) is 2.43. The van der Waals surface area contributed by atoms with Crippen molar-refractivity contribution >= 4 is 46.4 Å². The molecule has 0 aliphatic rings. The largest absolute Gasteiger partial charge is 0.0827 e. The molecule has 108 valence electrons. The molecule has 4 heteroatoms. The van der Waals surface area contributed by atoms with E-state index >= 15 is 0 Å². The highest BCUT2D eigenvalue weighted by Gasteiger charge is 2.02. The van der Waals surface area contributed by atoms with Crippen LogP contribution >= 0.6 is 46.4 Å². The minimum absolute atomic E-state index is 0.629. The van der Waals surface area contributed by atoms with Crippen LogP contribution in [0.3, 0.4) is 0 Å². The second-order valence-corrected chi connectivity index (χ2v) is 6.18. The van der Waals surface area contributed by atoms with Gasteiger partial charge in [0.1, 0.15) is 0 Å². The van der Waals surface area contributed by atoms with E-state index in [0.717, 1.165) is 11.1 Å². The fourth-order valence-corrected chi connectivity index (χ4v) is 2.33. The van der Waals surface area contributed by atoms with Crippen molar-refractivity contribution < 1.29 is 0 Å². The van der Waals surface area contributed by atoms with Crippen LogP contribution in [0.4, 0.5) is 0 Å². The molecule has 0 saturated carbocycles. The molecule has 0 nitrogen and oxygen atoms in total. The van der Waals surface area contributed by atoms with Gasteiger partial charge in [0.25, 0.3) is 0 Å². The van der Waals surface area contributed by atoms with Crippen LogP contribution in [-0.4, -0.2) is 0 Å². The predicted octanol–water partition coefficient (Wildman–Crippen LogP) is 7.22. The van der Waals surface area contributed by atoms with Crippen LogP contribution in [0.5, 0.6) is 0 Å². The van der Waals surface area contributed by atoms with Crippen LogP contribution < -0.4 is 0 Å². The quantitative estimate of drug-likeness (QED) is 0.470. The molecule has 0 bridgehead atoms. The van der Waals surface area contributed by atoms with Crippen molar-refractivity contribution in [1.29, 1.82) is 0 Å². The zero-order chi connectivity index (χ0) is 15.4. The van der Waals surface area contributed by atoms with Crippen LogP contribution in [0.25, 0.3) is 0 Å². The fraction of sp³-hybridized carbons (Fsp3) is 0.250. The first kappa shape index (κ1) is 17.7. The summed E-state index contributed by atoms with van der Waals surface area (Å²) in [5.41, 5.74) is 4.48. The fourth-order valence-electron chi connectivity index (χ4n) is 1.50. The van der Waals surface area contributed by atoms with Crippen molar-refractivity contribution in [3.63, 3.8) is 0 Å². The van der Waals surface area contributed by atoms with E-state index in [1.807, 2.05) is 52.0 Å². The highest BCUT2D eigenvalue weighted by molar-refractivity contribution is 6.43. The van der Waals surface area contributed by atoms with Gasteiger partial charge in [0, 0.05) is 0 Å². The molecule has 2 aromatic carbocycles. The lowest BCUT2D eigenvalue weighted by Gasteiger charge is -2.02. The first-order valence-electron chi connectivity index (χ1n) is 6.08. The van der Waals surface area contributed by atoms with Crippen LogP contribution in [0.2, 0.25) is 20.1 Å². The van der Waals surface area contributed by atoms with Crippen LogP contribution in [0.1, 0.15) is 22.3 Å². The summed E-state index contributed by atoms with van der Waals surface area (Å²) < 4.78 is 0. The highest BCUT2D eigenvalue weighted by Crippen LogP contribution is 2.27. The lowest BCUT2D eigenvalue weighted by Crippen LogP contribution is -1.81. The molecule has 0 saturated heterocycles. The molecule has 0 heterocycles. The molecule has 0 radical (unpaired) electrons. The third kappa shape index (κ3) is 4.30. The van der Waals surface area contributed by atoms with E-state index in [9.17, 15) is 0 Å². The van der Waals surface area contributed by atoms with E-state index in [0.29, 0.717) is 20.1 Å². The second kappa shape index (κ2) is 7.56. The zero-order valence-electron chi connectivity index (χ0n) is 11.8. The summed E-state index contributed by atoms with van der Waals surface area (Å²) in [6.07, 6.45) is 0. The van der Waals surface area contributed by atoms with Gasteiger partial charge in [-0.3, -0.25) is 0 Å². The molecule has 0 fully saturated rings. The standard InChI is InChI=1S/2C8H8Cl2/c2*1-5-3-4-7(9)8(10)6(5)2/h2*3-4H,1-2H3. The third-order valence-corrected chi connectivity index (χ3v) is 5.02. The number of rotatable bonds is 0. The highest BCUT2D eigenvalue weighted by atomic mass is 35.5. The maximum absolute atomic E-state index is 5.85. The monoisotopic (exact) mass is 348 g/mol. The van der Waals surface area contributed by atoms with E-state index in [-0.39, 0.29) is 0 Å². The second-order valence-electron chi connectivity index (χ2n) is 4.61. The van der Waals surface area contributed by atoms with E-state index in [1.54, 1.807) is 0 Å². The van der Waals surface area contributed by atoms with Gasteiger partial charge in [-0.15, -0.1) is 0 Å². The molecule has 0 N–H and O–H groups in total. The normalized spacial score (nSPS) is 10.0.